The minimum Gasteiger partial charge on any atom is -0.453 e. The van der Waals surface area contributed by atoms with Gasteiger partial charge in [-0.3, -0.25) is 4.79 Å². The molecular formula is C22H22ClFN4O4. The number of morpholine rings is 1. The van der Waals surface area contributed by atoms with E-state index in [1.807, 2.05) is 4.40 Å². The molecule has 10 heteroatoms. The second kappa shape index (κ2) is 9.13. The molecule has 1 fully saturated rings. The van der Waals surface area contributed by atoms with Crippen molar-refractivity contribution in [2.45, 2.75) is 12.5 Å². The number of rotatable bonds is 4. The van der Waals surface area contributed by atoms with Gasteiger partial charge in [0.2, 0.25) is 0 Å². The van der Waals surface area contributed by atoms with Gasteiger partial charge in [0.1, 0.15) is 11.5 Å². The smallest absolute Gasteiger partial charge is 0.409 e. The lowest BCUT2D eigenvalue weighted by Crippen LogP contribution is -2.46. The topological polar surface area (TPSA) is 85.2 Å². The predicted molar refractivity (Wildman–Crippen MR) is 116 cm³/mol. The van der Waals surface area contributed by atoms with Crippen LogP contribution in [-0.2, 0) is 15.9 Å². The summed E-state index contributed by atoms with van der Waals surface area (Å²) in [6.45, 7) is 1.15. The number of halogens is 2. The molecule has 1 N–H and O–H groups in total. The van der Waals surface area contributed by atoms with Gasteiger partial charge in [-0.25, -0.2) is 14.2 Å². The zero-order valence-corrected chi connectivity index (χ0v) is 18.4. The van der Waals surface area contributed by atoms with E-state index in [9.17, 15) is 9.59 Å². The maximum atomic E-state index is 15.1. The van der Waals surface area contributed by atoms with E-state index in [0.717, 1.165) is 0 Å². The van der Waals surface area contributed by atoms with Crippen LogP contribution < -0.4 is 5.32 Å². The van der Waals surface area contributed by atoms with Gasteiger partial charge in [-0.05, 0) is 24.3 Å². The molecule has 1 aromatic carbocycles. The molecule has 32 heavy (non-hydrogen) atoms. The molecule has 2 amide bonds. The van der Waals surface area contributed by atoms with Gasteiger partial charge < -0.3 is 24.1 Å². The summed E-state index contributed by atoms with van der Waals surface area (Å²) in [7, 11) is 2.82. The summed E-state index contributed by atoms with van der Waals surface area (Å²) in [5, 5.41) is 2.98. The maximum Gasteiger partial charge on any atom is 0.409 e. The second-order valence-corrected chi connectivity index (χ2v) is 7.80. The molecule has 0 unspecified atom stereocenters. The number of pyridine rings is 1. The first-order valence-corrected chi connectivity index (χ1v) is 10.4. The molecule has 4 rings (SSSR count). The molecule has 3 heterocycles. The first-order valence-electron chi connectivity index (χ1n) is 10.0. The Morgan fingerprint density at radius 2 is 2.16 bits per heavy atom. The Labute approximate surface area is 188 Å². The molecular weight excluding hydrogens is 439 g/mol. The number of methoxy groups -OCH3 is 1. The van der Waals surface area contributed by atoms with Crippen molar-refractivity contribution in [3.05, 3.63) is 58.6 Å². The average molecular weight is 461 g/mol. The number of amides is 2. The molecule has 0 bridgehead atoms. The lowest BCUT2D eigenvalue weighted by atomic mass is 10.0. The number of imidazole rings is 1. The van der Waals surface area contributed by atoms with Crippen molar-refractivity contribution in [2.75, 3.05) is 33.9 Å². The number of hydrogen-bond donors (Lipinski definition) is 1. The summed E-state index contributed by atoms with van der Waals surface area (Å²) >= 11 is 6.14. The summed E-state index contributed by atoms with van der Waals surface area (Å²) in [6, 6.07) is 7.68. The Kier molecular flexibility index (Phi) is 6.29. The third-order valence-electron chi connectivity index (χ3n) is 5.39. The minimum absolute atomic E-state index is 0.214. The van der Waals surface area contributed by atoms with Crippen LogP contribution in [0.15, 0.2) is 36.5 Å². The Morgan fingerprint density at radius 1 is 1.34 bits per heavy atom. The van der Waals surface area contributed by atoms with E-state index >= 15 is 4.39 Å². The number of hydrogen-bond acceptors (Lipinski definition) is 5. The van der Waals surface area contributed by atoms with Gasteiger partial charge in [0.05, 0.1) is 37.8 Å². The molecule has 1 aliphatic heterocycles. The Bertz CT molecular complexity index is 1180. The van der Waals surface area contributed by atoms with Crippen LogP contribution in [0.4, 0.5) is 9.18 Å². The van der Waals surface area contributed by atoms with Gasteiger partial charge in [-0.15, -0.1) is 0 Å². The average Bonchev–Trinajstić information content (AvgIpc) is 3.14. The summed E-state index contributed by atoms with van der Waals surface area (Å²) < 4.78 is 27.6. The van der Waals surface area contributed by atoms with E-state index in [1.54, 1.807) is 29.3 Å². The fourth-order valence-electron chi connectivity index (χ4n) is 3.83. The van der Waals surface area contributed by atoms with Gasteiger partial charge in [0, 0.05) is 48.4 Å². The number of fused-ring (bicyclic) bond motifs is 1. The van der Waals surface area contributed by atoms with Crippen molar-refractivity contribution in [1.82, 2.24) is 19.6 Å². The molecule has 8 nitrogen and oxygen atoms in total. The van der Waals surface area contributed by atoms with E-state index in [4.69, 9.17) is 21.1 Å². The standard InChI is InChI=1S/C22H22ClFN4O4/c1-25-21(29)13-3-4-16(17(24)9-13)20-18(28-6-5-14(23)10-19(28)26-20)11-15-12-27(7-8-32-15)22(30)31-2/h3-6,9-10,15H,7-8,11-12H2,1-2H3,(H,25,29)/t15-/m0/s1. The van der Waals surface area contributed by atoms with Gasteiger partial charge in [0.15, 0.2) is 0 Å². The number of ether oxygens (including phenoxy) is 2. The Balaban J connectivity index is 1.74. The highest BCUT2D eigenvalue weighted by molar-refractivity contribution is 6.30. The summed E-state index contributed by atoms with van der Waals surface area (Å²) in [5.41, 5.74) is 2.16. The second-order valence-electron chi connectivity index (χ2n) is 7.37. The summed E-state index contributed by atoms with van der Waals surface area (Å²) in [5.74, 6) is -0.946. The van der Waals surface area contributed by atoms with Crippen molar-refractivity contribution in [2.24, 2.45) is 0 Å². The third-order valence-corrected chi connectivity index (χ3v) is 5.63. The quantitative estimate of drug-likeness (QED) is 0.646. The zero-order valence-electron chi connectivity index (χ0n) is 17.6. The zero-order chi connectivity index (χ0) is 22.8. The minimum atomic E-state index is -0.567. The Morgan fingerprint density at radius 3 is 2.88 bits per heavy atom. The first kappa shape index (κ1) is 22.0. The molecule has 1 atom stereocenters. The third kappa shape index (κ3) is 4.26. The van der Waals surface area contributed by atoms with E-state index in [-0.39, 0.29) is 23.1 Å². The van der Waals surface area contributed by atoms with Crippen LogP contribution in [0, 0.1) is 5.82 Å². The lowest BCUT2D eigenvalue weighted by molar-refractivity contribution is -0.0241. The van der Waals surface area contributed by atoms with Gasteiger partial charge in [-0.2, -0.15) is 0 Å². The number of carbonyl (C=O) groups excluding carboxylic acids is 2. The molecule has 3 aromatic rings. The van der Waals surface area contributed by atoms with Crippen molar-refractivity contribution >= 4 is 29.2 Å². The number of carbonyl (C=O) groups is 2. The van der Waals surface area contributed by atoms with Crippen LogP contribution in [0.2, 0.25) is 5.02 Å². The van der Waals surface area contributed by atoms with E-state index in [2.05, 4.69) is 10.3 Å². The van der Waals surface area contributed by atoms with Crippen LogP contribution in [0.3, 0.4) is 0 Å². The monoisotopic (exact) mass is 460 g/mol. The van der Waals surface area contributed by atoms with Crippen molar-refractivity contribution in [3.63, 3.8) is 0 Å². The van der Waals surface area contributed by atoms with Crippen molar-refractivity contribution in [1.29, 1.82) is 0 Å². The number of benzene rings is 1. The predicted octanol–water partition coefficient (Wildman–Crippen LogP) is 3.16. The number of nitrogens with zero attached hydrogens (tertiary/aromatic N) is 3. The first-order chi connectivity index (χ1) is 15.4. The van der Waals surface area contributed by atoms with Crippen molar-refractivity contribution in [3.8, 4) is 11.3 Å². The number of nitrogens with one attached hydrogen (secondary N) is 1. The highest BCUT2D eigenvalue weighted by Gasteiger charge is 2.28. The maximum absolute atomic E-state index is 15.1. The highest BCUT2D eigenvalue weighted by atomic mass is 35.5. The van der Waals surface area contributed by atoms with Crippen molar-refractivity contribution < 1.29 is 23.5 Å². The van der Waals surface area contributed by atoms with E-state index in [1.165, 1.54) is 26.3 Å². The van der Waals surface area contributed by atoms with Gasteiger partial charge in [-0.1, -0.05) is 11.6 Å². The van der Waals surface area contributed by atoms with Crippen LogP contribution in [0.5, 0.6) is 0 Å². The molecule has 1 saturated heterocycles. The van der Waals surface area contributed by atoms with E-state index < -0.39 is 11.9 Å². The van der Waals surface area contributed by atoms with Crippen LogP contribution in [0.1, 0.15) is 16.1 Å². The summed E-state index contributed by atoms with van der Waals surface area (Å²) in [6.07, 6.45) is 1.40. The molecule has 0 saturated carbocycles. The lowest BCUT2D eigenvalue weighted by Gasteiger charge is -2.32. The van der Waals surface area contributed by atoms with E-state index in [0.29, 0.717) is 48.2 Å². The fourth-order valence-corrected chi connectivity index (χ4v) is 3.98. The molecule has 168 valence electrons. The highest BCUT2D eigenvalue weighted by Crippen LogP contribution is 2.30. The molecule has 2 aromatic heterocycles. The van der Waals surface area contributed by atoms with Gasteiger partial charge in [0.25, 0.3) is 5.91 Å². The van der Waals surface area contributed by atoms with Crippen LogP contribution in [-0.4, -0.2) is 66.2 Å². The molecule has 0 aliphatic carbocycles. The SMILES string of the molecule is CNC(=O)c1ccc(-c2nc3cc(Cl)ccn3c2C[C@H]2CN(C(=O)OC)CCO2)c(F)c1. The Hall–Kier alpha value is -3.17. The normalized spacial score (nSPS) is 16.2. The fraction of sp³-hybridized carbons (Fsp3) is 0.318. The van der Waals surface area contributed by atoms with Gasteiger partial charge >= 0.3 is 6.09 Å². The number of aromatic nitrogens is 2. The van der Waals surface area contributed by atoms with Crippen LogP contribution in [0.25, 0.3) is 16.9 Å². The summed E-state index contributed by atoms with van der Waals surface area (Å²) in [4.78, 5) is 30.0. The van der Waals surface area contributed by atoms with Crippen LogP contribution >= 0.6 is 11.6 Å². The molecule has 1 aliphatic rings. The molecule has 0 radical (unpaired) electrons. The largest absolute Gasteiger partial charge is 0.453 e. The molecule has 0 spiro atoms.